The van der Waals surface area contributed by atoms with Crippen LogP contribution in [0.3, 0.4) is 0 Å². The van der Waals surface area contributed by atoms with Gasteiger partial charge in [0.25, 0.3) is 5.91 Å². The number of allylic oxidation sites excluding steroid dienone is 1. The number of ether oxygens (including phenoxy) is 1. The number of carbonyl (C=O) groups is 2. The second-order valence-corrected chi connectivity index (χ2v) is 11.4. The zero-order valence-electron chi connectivity index (χ0n) is 21.6. The summed E-state index contributed by atoms with van der Waals surface area (Å²) in [6.45, 7) is 7.34. The minimum atomic E-state index is -0.134. The van der Waals surface area contributed by atoms with Crippen LogP contribution in [0.1, 0.15) is 54.4 Å². The lowest BCUT2D eigenvalue weighted by Gasteiger charge is -2.37. The number of anilines is 1. The standard InChI is InChI=1S/C28H40ClN5O3/c29-24-17-23(27-22(26(24)30)9-16-37-27)28(36)32-21-7-12-33(13-8-21)18-20-5-14-34(15-6-20)25(35)2-1-19-3-10-31-11-4-19/h1-2,17,19-21,31H,3-16,18,30H2,(H,32,36)/b2-1+. The van der Waals surface area contributed by atoms with E-state index in [1.165, 1.54) is 0 Å². The molecule has 4 aliphatic rings. The van der Waals surface area contributed by atoms with E-state index in [-0.39, 0.29) is 17.9 Å². The van der Waals surface area contributed by atoms with Crippen molar-refractivity contribution >= 4 is 29.1 Å². The van der Waals surface area contributed by atoms with Crippen molar-refractivity contribution in [3.8, 4) is 5.75 Å². The summed E-state index contributed by atoms with van der Waals surface area (Å²) in [5, 5.41) is 6.97. The van der Waals surface area contributed by atoms with Crippen LogP contribution in [-0.2, 0) is 11.2 Å². The minimum Gasteiger partial charge on any atom is -0.492 e. The van der Waals surface area contributed by atoms with Gasteiger partial charge in [0.2, 0.25) is 5.91 Å². The quantitative estimate of drug-likeness (QED) is 0.387. The van der Waals surface area contributed by atoms with E-state index in [9.17, 15) is 9.59 Å². The SMILES string of the molecule is Nc1c(Cl)cc(C(=O)NC2CCN(CC3CCN(C(=O)/C=C/C4CCNCC4)CC3)CC2)c2c1CCO2. The van der Waals surface area contributed by atoms with Crippen LogP contribution in [0.4, 0.5) is 5.69 Å². The number of hydrogen-bond acceptors (Lipinski definition) is 6. The topological polar surface area (TPSA) is 99.9 Å². The lowest BCUT2D eigenvalue weighted by molar-refractivity contribution is -0.127. The van der Waals surface area contributed by atoms with E-state index in [0.29, 0.717) is 46.9 Å². The third kappa shape index (κ3) is 6.41. The molecule has 0 atom stereocenters. The van der Waals surface area contributed by atoms with E-state index in [1.54, 1.807) is 6.07 Å². The highest BCUT2D eigenvalue weighted by Gasteiger charge is 2.29. The molecule has 0 aliphatic carbocycles. The van der Waals surface area contributed by atoms with Gasteiger partial charge < -0.3 is 30.9 Å². The van der Waals surface area contributed by atoms with Crippen LogP contribution in [0.5, 0.6) is 5.75 Å². The Balaban J connectivity index is 1.03. The zero-order valence-corrected chi connectivity index (χ0v) is 22.4. The summed E-state index contributed by atoms with van der Waals surface area (Å²) in [7, 11) is 0. The summed E-state index contributed by atoms with van der Waals surface area (Å²) in [4.78, 5) is 30.2. The van der Waals surface area contributed by atoms with E-state index < -0.39 is 0 Å². The minimum absolute atomic E-state index is 0.134. The van der Waals surface area contributed by atoms with Crippen molar-refractivity contribution in [1.82, 2.24) is 20.4 Å². The lowest BCUT2D eigenvalue weighted by Crippen LogP contribution is -2.47. The molecule has 4 heterocycles. The molecule has 3 saturated heterocycles. The van der Waals surface area contributed by atoms with Crippen LogP contribution in [0.15, 0.2) is 18.2 Å². The number of amides is 2. The second-order valence-electron chi connectivity index (χ2n) is 11.0. The molecule has 0 unspecified atom stereocenters. The van der Waals surface area contributed by atoms with E-state index in [0.717, 1.165) is 89.9 Å². The highest BCUT2D eigenvalue weighted by atomic mass is 35.5. The molecule has 202 valence electrons. The molecule has 0 bridgehead atoms. The molecule has 3 fully saturated rings. The smallest absolute Gasteiger partial charge is 0.255 e. The van der Waals surface area contributed by atoms with Crippen molar-refractivity contribution < 1.29 is 14.3 Å². The van der Waals surface area contributed by atoms with Crippen LogP contribution >= 0.6 is 11.6 Å². The van der Waals surface area contributed by atoms with Gasteiger partial charge in [-0.15, -0.1) is 0 Å². The van der Waals surface area contributed by atoms with Crippen molar-refractivity contribution in [2.75, 3.05) is 58.2 Å². The Morgan fingerprint density at radius 1 is 1.11 bits per heavy atom. The highest BCUT2D eigenvalue weighted by molar-refractivity contribution is 6.33. The van der Waals surface area contributed by atoms with E-state index in [1.807, 2.05) is 11.0 Å². The molecule has 1 aromatic rings. The monoisotopic (exact) mass is 529 g/mol. The normalized spacial score (nSPS) is 22.2. The molecule has 5 rings (SSSR count). The number of piperidine rings is 3. The van der Waals surface area contributed by atoms with Crippen LogP contribution in [0.2, 0.25) is 5.02 Å². The third-order valence-corrected chi connectivity index (χ3v) is 8.79. The number of halogens is 1. The van der Waals surface area contributed by atoms with Gasteiger partial charge in [-0.1, -0.05) is 17.7 Å². The Kier molecular flexibility index (Phi) is 8.57. The Labute approximate surface area is 224 Å². The Morgan fingerprint density at radius 3 is 2.57 bits per heavy atom. The van der Waals surface area contributed by atoms with Crippen molar-refractivity contribution in [1.29, 1.82) is 0 Å². The van der Waals surface area contributed by atoms with Gasteiger partial charge >= 0.3 is 0 Å². The third-order valence-electron chi connectivity index (χ3n) is 8.48. The average Bonchev–Trinajstić information content (AvgIpc) is 3.42. The largest absolute Gasteiger partial charge is 0.492 e. The molecular weight excluding hydrogens is 490 g/mol. The van der Waals surface area contributed by atoms with Crippen molar-refractivity contribution in [2.45, 2.75) is 51.0 Å². The molecule has 37 heavy (non-hydrogen) atoms. The Morgan fingerprint density at radius 2 is 1.84 bits per heavy atom. The fraction of sp³-hybridized carbons (Fsp3) is 0.643. The van der Waals surface area contributed by atoms with Gasteiger partial charge in [0.1, 0.15) is 5.75 Å². The molecule has 0 saturated carbocycles. The molecule has 1 aromatic carbocycles. The maximum Gasteiger partial charge on any atom is 0.255 e. The van der Waals surface area contributed by atoms with Crippen LogP contribution in [-0.4, -0.2) is 80.1 Å². The first-order valence-corrected chi connectivity index (χ1v) is 14.3. The fourth-order valence-electron chi connectivity index (χ4n) is 6.12. The van der Waals surface area contributed by atoms with Crippen LogP contribution in [0.25, 0.3) is 0 Å². The molecule has 0 spiro atoms. The number of nitrogens with two attached hydrogens (primary N) is 1. The second kappa shape index (κ2) is 12.0. The summed E-state index contributed by atoms with van der Waals surface area (Å²) in [5.74, 6) is 1.79. The maximum atomic E-state index is 13.0. The molecule has 0 radical (unpaired) electrons. The van der Waals surface area contributed by atoms with Crippen molar-refractivity contribution in [3.05, 3.63) is 34.4 Å². The number of fused-ring (bicyclic) bond motifs is 1. The summed E-state index contributed by atoms with van der Waals surface area (Å²) in [6.07, 6.45) is 10.8. The van der Waals surface area contributed by atoms with Gasteiger partial charge in [0, 0.05) is 50.7 Å². The van der Waals surface area contributed by atoms with Crippen LogP contribution in [0, 0.1) is 11.8 Å². The number of benzene rings is 1. The number of hydrogen-bond donors (Lipinski definition) is 3. The average molecular weight is 530 g/mol. The molecule has 4 aliphatic heterocycles. The van der Waals surface area contributed by atoms with Crippen LogP contribution < -0.4 is 21.1 Å². The summed E-state index contributed by atoms with van der Waals surface area (Å²) < 4.78 is 5.70. The lowest BCUT2D eigenvalue weighted by atomic mass is 9.94. The van der Waals surface area contributed by atoms with Gasteiger partial charge in [-0.25, -0.2) is 0 Å². The molecular formula is C28H40ClN5O3. The van der Waals surface area contributed by atoms with E-state index in [4.69, 9.17) is 22.1 Å². The number of nitrogens with zero attached hydrogens (tertiary/aromatic N) is 2. The number of rotatable bonds is 6. The van der Waals surface area contributed by atoms with Gasteiger partial charge in [0.15, 0.2) is 0 Å². The number of nitrogen functional groups attached to an aromatic ring is 1. The fourth-order valence-corrected chi connectivity index (χ4v) is 6.34. The van der Waals surface area contributed by atoms with Gasteiger partial charge in [-0.3, -0.25) is 9.59 Å². The highest BCUT2D eigenvalue weighted by Crippen LogP contribution is 2.38. The van der Waals surface area contributed by atoms with Crippen molar-refractivity contribution in [3.63, 3.8) is 0 Å². The molecule has 4 N–H and O–H groups in total. The summed E-state index contributed by atoms with van der Waals surface area (Å²) >= 11 is 6.28. The predicted octanol–water partition coefficient (Wildman–Crippen LogP) is 2.85. The predicted molar refractivity (Wildman–Crippen MR) is 146 cm³/mol. The number of carbonyl (C=O) groups excluding carboxylic acids is 2. The van der Waals surface area contributed by atoms with E-state index >= 15 is 0 Å². The molecule has 0 aromatic heterocycles. The maximum absolute atomic E-state index is 13.0. The zero-order chi connectivity index (χ0) is 25.8. The van der Waals surface area contributed by atoms with Crippen molar-refractivity contribution in [2.24, 2.45) is 11.8 Å². The Hall–Kier alpha value is -2.29. The summed E-state index contributed by atoms with van der Waals surface area (Å²) in [6, 6.07) is 1.77. The van der Waals surface area contributed by atoms with Gasteiger partial charge in [0.05, 0.1) is 22.9 Å². The molecule has 2 amide bonds. The molecule has 8 nitrogen and oxygen atoms in total. The number of likely N-dealkylation sites (tertiary alicyclic amines) is 2. The first-order chi connectivity index (χ1) is 18.0. The van der Waals surface area contributed by atoms with Gasteiger partial charge in [-0.2, -0.15) is 0 Å². The molecule has 9 heteroatoms. The summed E-state index contributed by atoms with van der Waals surface area (Å²) in [5.41, 5.74) is 7.92. The first-order valence-electron chi connectivity index (χ1n) is 13.9. The Bertz CT molecular complexity index is 1010. The first kappa shape index (κ1) is 26.3. The van der Waals surface area contributed by atoms with E-state index in [2.05, 4.69) is 21.6 Å². The number of nitrogens with one attached hydrogen (secondary N) is 2. The van der Waals surface area contributed by atoms with Gasteiger partial charge in [-0.05, 0) is 75.6 Å².